The molecule has 0 bridgehead atoms. The summed E-state index contributed by atoms with van der Waals surface area (Å²) in [6.07, 6.45) is -0.333. The van der Waals surface area contributed by atoms with Crippen LogP contribution in [-0.4, -0.2) is 55.9 Å². The van der Waals surface area contributed by atoms with Crippen molar-refractivity contribution >= 4 is 34.7 Å². The van der Waals surface area contributed by atoms with Crippen molar-refractivity contribution in [3.63, 3.8) is 0 Å². The number of rotatable bonds is 6. The first-order valence-corrected chi connectivity index (χ1v) is 6.60. The van der Waals surface area contributed by atoms with Crippen LogP contribution in [0.25, 0.3) is 0 Å². The van der Waals surface area contributed by atoms with Crippen molar-refractivity contribution in [1.82, 2.24) is 4.90 Å². The Kier molecular flexibility index (Phi) is 5.34. The second-order valence-corrected chi connectivity index (χ2v) is 5.75. The van der Waals surface area contributed by atoms with E-state index in [4.69, 9.17) is 10.2 Å². The Morgan fingerprint density at radius 2 is 2.05 bits per heavy atom. The molecule has 1 rings (SSSR count). The second kappa shape index (κ2) is 6.55. The van der Waals surface area contributed by atoms with Gasteiger partial charge in [-0.25, -0.2) is 4.79 Å². The largest absolute Gasteiger partial charge is 0.481 e. The number of hydrogen-bond donors (Lipinski definition) is 2. The first-order valence-electron chi connectivity index (χ1n) is 5.72. The van der Waals surface area contributed by atoms with Crippen LogP contribution in [0.3, 0.4) is 0 Å². The van der Waals surface area contributed by atoms with Gasteiger partial charge in [0.2, 0.25) is 5.91 Å². The summed E-state index contributed by atoms with van der Waals surface area (Å²) < 4.78 is 0. The van der Waals surface area contributed by atoms with Gasteiger partial charge >= 0.3 is 11.9 Å². The molecule has 1 heterocycles. The molecule has 8 heteroatoms. The van der Waals surface area contributed by atoms with Crippen LogP contribution >= 0.6 is 11.8 Å². The molecule has 0 aliphatic carbocycles. The third-order valence-electron chi connectivity index (χ3n) is 2.75. The van der Waals surface area contributed by atoms with Crippen molar-refractivity contribution in [3.05, 3.63) is 0 Å². The van der Waals surface area contributed by atoms with Gasteiger partial charge in [-0.3, -0.25) is 14.4 Å². The molecule has 19 heavy (non-hydrogen) atoms. The molecule has 1 saturated heterocycles. The van der Waals surface area contributed by atoms with Crippen LogP contribution in [0, 0.1) is 0 Å². The fraction of sp³-hybridized carbons (Fsp3) is 0.636. The molecule has 2 unspecified atom stereocenters. The molecule has 106 valence electrons. The Labute approximate surface area is 114 Å². The van der Waals surface area contributed by atoms with Crippen molar-refractivity contribution in [2.24, 2.45) is 0 Å². The zero-order valence-corrected chi connectivity index (χ0v) is 11.2. The average molecular weight is 289 g/mol. The zero-order valence-electron chi connectivity index (χ0n) is 10.4. The second-order valence-electron chi connectivity index (χ2n) is 4.27. The van der Waals surface area contributed by atoms with Crippen molar-refractivity contribution in [1.29, 1.82) is 0 Å². The Balaban J connectivity index is 2.69. The molecule has 1 aliphatic heterocycles. The van der Waals surface area contributed by atoms with E-state index in [1.165, 1.54) is 6.92 Å². The van der Waals surface area contributed by atoms with E-state index in [9.17, 15) is 19.2 Å². The fourth-order valence-electron chi connectivity index (χ4n) is 1.99. The molecule has 0 spiro atoms. The van der Waals surface area contributed by atoms with Gasteiger partial charge in [-0.15, -0.1) is 0 Å². The molecule has 2 atom stereocenters. The van der Waals surface area contributed by atoms with E-state index >= 15 is 0 Å². The molecule has 1 fully saturated rings. The highest BCUT2D eigenvalue weighted by molar-refractivity contribution is 8.14. The van der Waals surface area contributed by atoms with Crippen molar-refractivity contribution in [3.8, 4) is 0 Å². The van der Waals surface area contributed by atoms with Crippen LogP contribution in [0.4, 0.5) is 0 Å². The summed E-state index contributed by atoms with van der Waals surface area (Å²) >= 11 is 1.01. The molecule has 0 aromatic heterocycles. The normalized spacial score (nSPS) is 20.4. The maximum absolute atomic E-state index is 11.7. The minimum Gasteiger partial charge on any atom is -0.481 e. The number of amides is 1. The maximum Gasteiger partial charge on any atom is 0.326 e. The summed E-state index contributed by atoms with van der Waals surface area (Å²) in [7, 11) is 0. The number of carbonyl (C=O) groups excluding carboxylic acids is 2. The highest BCUT2D eigenvalue weighted by Crippen LogP contribution is 2.26. The number of nitrogens with zero attached hydrogens (tertiary/aromatic N) is 1. The van der Waals surface area contributed by atoms with Gasteiger partial charge in [0.05, 0.1) is 0 Å². The van der Waals surface area contributed by atoms with Gasteiger partial charge in [-0.2, -0.15) is 0 Å². The number of carboxylic acid groups (broad SMARTS) is 2. The molecule has 0 aromatic rings. The molecule has 0 aromatic carbocycles. The molecule has 1 amide bonds. The third kappa shape index (κ3) is 4.55. The van der Waals surface area contributed by atoms with E-state index in [1.807, 2.05) is 0 Å². The summed E-state index contributed by atoms with van der Waals surface area (Å²) in [5, 5.41) is 17.3. The summed E-state index contributed by atoms with van der Waals surface area (Å²) in [4.78, 5) is 45.5. The number of thioether (sulfide) groups is 1. The van der Waals surface area contributed by atoms with Crippen molar-refractivity contribution < 1.29 is 29.4 Å². The standard InChI is InChI=1S/C11H15NO6S/c1-6(13)19-7-4-9(14)12(5-7)8(11(17)18)2-3-10(15)16/h7-8H,2-5H2,1H3,(H,15,16)(H,17,18). The predicted octanol–water partition coefficient (Wildman–Crippen LogP) is 0.185. The van der Waals surface area contributed by atoms with Gasteiger partial charge in [-0.05, 0) is 6.42 Å². The van der Waals surface area contributed by atoms with Gasteiger partial charge in [0.25, 0.3) is 0 Å². The number of carboxylic acids is 2. The van der Waals surface area contributed by atoms with E-state index in [1.54, 1.807) is 0 Å². The van der Waals surface area contributed by atoms with Gasteiger partial charge in [0.1, 0.15) is 6.04 Å². The van der Waals surface area contributed by atoms with E-state index in [-0.39, 0.29) is 42.1 Å². The maximum atomic E-state index is 11.7. The summed E-state index contributed by atoms with van der Waals surface area (Å²) in [6.45, 7) is 1.55. The Morgan fingerprint density at radius 1 is 1.42 bits per heavy atom. The molecular weight excluding hydrogens is 274 g/mol. The average Bonchev–Trinajstić information content (AvgIpc) is 2.58. The fourth-order valence-corrected chi connectivity index (χ4v) is 2.92. The number of hydrogen-bond acceptors (Lipinski definition) is 5. The van der Waals surface area contributed by atoms with E-state index in [2.05, 4.69) is 0 Å². The Hall–Kier alpha value is -1.57. The number of likely N-dealkylation sites (tertiary alicyclic amines) is 1. The van der Waals surface area contributed by atoms with Crippen LogP contribution in [0.15, 0.2) is 0 Å². The Morgan fingerprint density at radius 3 is 2.53 bits per heavy atom. The lowest BCUT2D eigenvalue weighted by molar-refractivity contribution is -0.149. The predicted molar refractivity (Wildman–Crippen MR) is 66.7 cm³/mol. The number of aliphatic carboxylic acids is 2. The highest BCUT2D eigenvalue weighted by atomic mass is 32.2. The van der Waals surface area contributed by atoms with Gasteiger partial charge < -0.3 is 15.1 Å². The quantitative estimate of drug-likeness (QED) is 0.717. The Bertz CT molecular complexity index is 410. The number of carbonyl (C=O) groups is 4. The smallest absolute Gasteiger partial charge is 0.326 e. The molecular formula is C11H15NO6S. The highest BCUT2D eigenvalue weighted by Gasteiger charge is 2.38. The SMILES string of the molecule is CC(=O)SC1CC(=O)N(C(CCC(=O)O)C(=O)O)C1. The third-order valence-corrected chi connectivity index (χ3v) is 3.73. The van der Waals surface area contributed by atoms with Gasteiger partial charge in [0, 0.05) is 31.6 Å². The minimum absolute atomic E-state index is 0.112. The monoisotopic (exact) mass is 289 g/mol. The summed E-state index contributed by atoms with van der Waals surface area (Å²) in [5.41, 5.74) is 0. The van der Waals surface area contributed by atoms with E-state index in [0.717, 1.165) is 16.7 Å². The van der Waals surface area contributed by atoms with Gasteiger partial charge in [0.15, 0.2) is 5.12 Å². The van der Waals surface area contributed by atoms with E-state index < -0.39 is 18.0 Å². The van der Waals surface area contributed by atoms with Crippen LogP contribution in [0.2, 0.25) is 0 Å². The summed E-state index contributed by atoms with van der Waals surface area (Å²) in [6, 6.07) is -1.14. The molecule has 7 nitrogen and oxygen atoms in total. The topological polar surface area (TPSA) is 112 Å². The first kappa shape index (κ1) is 15.5. The van der Waals surface area contributed by atoms with Crippen molar-refractivity contribution in [2.45, 2.75) is 37.5 Å². The lowest BCUT2D eigenvalue weighted by atomic mass is 10.1. The van der Waals surface area contributed by atoms with Crippen LogP contribution < -0.4 is 0 Å². The van der Waals surface area contributed by atoms with Crippen LogP contribution in [-0.2, 0) is 19.2 Å². The van der Waals surface area contributed by atoms with Gasteiger partial charge in [-0.1, -0.05) is 11.8 Å². The van der Waals surface area contributed by atoms with Crippen LogP contribution in [0.1, 0.15) is 26.2 Å². The summed E-state index contributed by atoms with van der Waals surface area (Å²) in [5.74, 6) is -2.67. The molecule has 1 aliphatic rings. The lowest BCUT2D eigenvalue weighted by Gasteiger charge is -2.24. The zero-order chi connectivity index (χ0) is 14.6. The lowest BCUT2D eigenvalue weighted by Crippen LogP contribution is -2.42. The molecule has 0 radical (unpaired) electrons. The van der Waals surface area contributed by atoms with Crippen LogP contribution in [0.5, 0.6) is 0 Å². The van der Waals surface area contributed by atoms with Crippen molar-refractivity contribution in [2.75, 3.05) is 6.54 Å². The molecule has 0 saturated carbocycles. The molecule has 2 N–H and O–H groups in total. The first-order chi connectivity index (χ1) is 8.81. The minimum atomic E-state index is -1.22. The van der Waals surface area contributed by atoms with E-state index in [0.29, 0.717) is 0 Å².